The quantitative estimate of drug-likeness (QED) is 0.809. The molecule has 2 aromatic rings. The Morgan fingerprint density at radius 1 is 1.43 bits per heavy atom. The molecule has 6 heteroatoms. The summed E-state index contributed by atoms with van der Waals surface area (Å²) >= 11 is 1.61. The van der Waals surface area contributed by atoms with E-state index in [4.69, 9.17) is 0 Å². The summed E-state index contributed by atoms with van der Waals surface area (Å²) in [4.78, 5) is 4.36. The first kappa shape index (κ1) is 9.14. The van der Waals surface area contributed by atoms with Crippen molar-refractivity contribution in [1.82, 2.24) is 19.7 Å². The highest BCUT2D eigenvalue weighted by molar-refractivity contribution is 7.09. The van der Waals surface area contributed by atoms with Crippen LogP contribution in [0.5, 0.6) is 0 Å². The lowest BCUT2D eigenvalue weighted by Gasteiger charge is -1.99. The largest absolute Gasteiger partial charge is 0.357 e. The molecule has 0 saturated carbocycles. The summed E-state index contributed by atoms with van der Waals surface area (Å²) in [6, 6.07) is 0. The van der Waals surface area contributed by atoms with Crippen LogP contribution < -0.4 is 5.32 Å². The smallest absolute Gasteiger partial charge is 0.224 e. The minimum atomic E-state index is 0.741. The van der Waals surface area contributed by atoms with Crippen molar-refractivity contribution in [2.24, 2.45) is 7.05 Å². The second-order valence-corrected chi connectivity index (χ2v) is 3.97. The monoisotopic (exact) mass is 209 g/mol. The van der Waals surface area contributed by atoms with Crippen LogP contribution in [-0.4, -0.2) is 26.8 Å². The van der Waals surface area contributed by atoms with E-state index in [1.54, 1.807) is 11.3 Å². The van der Waals surface area contributed by atoms with Crippen LogP contribution in [0.2, 0.25) is 0 Å². The zero-order valence-electron chi connectivity index (χ0n) is 8.27. The molecule has 0 aliphatic rings. The van der Waals surface area contributed by atoms with Gasteiger partial charge in [0.25, 0.3) is 0 Å². The molecule has 0 aliphatic heterocycles. The van der Waals surface area contributed by atoms with Crippen molar-refractivity contribution >= 4 is 17.3 Å². The molecule has 14 heavy (non-hydrogen) atoms. The van der Waals surface area contributed by atoms with E-state index < -0.39 is 0 Å². The van der Waals surface area contributed by atoms with Crippen molar-refractivity contribution in [3.05, 3.63) is 10.4 Å². The molecule has 2 heterocycles. The van der Waals surface area contributed by atoms with E-state index in [9.17, 15) is 0 Å². The number of thiazole rings is 1. The number of aryl methyl sites for hydroxylation is 1. The van der Waals surface area contributed by atoms with E-state index in [-0.39, 0.29) is 0 Å². The zero-order valence-corrected chi connectivity index (χ0v) is 9.09. The van der Waals surface area contributed by atoms with Crippen LogP contribution in [0.1, 0.15) is 5.01 Å². The number of rotatable bonds is 2. The second-order valence-electron chi connectivity index (χ2n) is 2.91. The van der Waals surface area contributed by atoms with Crippen LogP contribution in [-0.2, 0) is 7.05 Å². The Bertz CT molecular complexity index is 444. The van der Waals surface area contributed by atoms with Crippen LogP contribution >= 0.6 is 11.3 Å². The van der Waals surface area contributed by atoms with Crippen molar-refractivity contribution < 1.29 is 0 Å². The number of hydrogen-bond acceptors (Lipinski definition) is 5. The van der Waals surface area contributed by atoms with Crippen LogP contribution in [0.25, 0.3) is 11.5 Å². The molecule has 0 saturated heterocycles. The predicted molar refractivity (Wildman–Crippen MR) is 56.4 cm³/mol. The van der Waals surface area contributed by atoms with Gasteiger partial charge in [0.05, 0.1) is 5.01 Å². The summed E-state index contributed by atoms with van der Waals surface area (Å²) in [5.41, 5.74) is 0.879. The van der Waals surface area contributed by atoms with Crippen LogP contribution in [0, 0.1) is 6.92 Å². The number of nitrogens with zero attached hydrogens (tertiary/aromatic N) is 4. The maximum absolute atomic E-state index is 4.36. The number of hydrogen-bond donors (Lipinski definition) is 1. The van der Waals surface area contributed by atoms with Gasteiger partial charge in [0.1, 0.15) is 5.69 Å². The van der Waals surface area contributed by atoms with Crippen molar-refractivity contribution in [2.75, 3.05) is 12.4 Å². The highest BCUT2D eigenvalue weighted by atomic mass is 32.1. The third kappa shape index (κ3) is 1.37. The minimum absolute atomic E-state index is 0.741. The maximum atomic E-state index is 4.36. The van der Waals surface area contributed by atoms with Gasteiger partial charge in [0, 0.05) is 19.5 Å². The molecule has 74 valence electrons. The maximum Gasteiger partial charge on any atom is 0.224 e. The molecule has 1 N–H and O–H groups in total. The van der Waals surface area contributed by atoms with Gasteiger partial charge in [-0.2, -0.15) is 0 Å². The van der Waals surface area contributed by atoms with E-state index in [0.717, 1.165) is 22.5 Å². The molecule has 0 aromatic carbocycles. The lowest BCUT2D eigenvalue weighted by atomic mass is 10.4. The fraction of sp³-hybridized carbons (Fsp3) is 0.375. The average Bonchev–Trinajstić information content (AvgIpc) is 2.72. The van der Waals surface area contributed by atoms with Crippen molar-refractivity contribution in [1.29, 1.82) is 0 Å². The highest BCUT2D eigenvalue weighted by Gasteiger charge is 2.11. The Balaban J connectivity index is 2.46. The van der Waals surface area contributed by atoms with Crippen molar-refractivity contribution in [3.63, 3.8) is 0 Å². The van der Waals surface area contributed by atoms with Crippen LogP contribution in [0.4, 0.5) is 5.95 Å². The Morgan fingerprint density at radius 3 is 2.71 bits per heavy atom. The molecule has 0 atom stereocenters. The first-order chi connectivity index (χ1) is 6.72. The Morgan fingerprint density at radius 2 is 2.21 bits per heavy atom. The molecule has 5 nitrogen and oxygen atoms in total. The Hall–Kier alpha value is -1.43. The van der Waals surface area contributed by atoms with Gasteiger partial charge in [-0.3, -0.25) is 4.57 Å². The lowest BCUT2D eigenvalue weighted by Crippen LogP contribution is -1.99. The van der Waals surface area contributed by atoms with Gasteiger partial charge < -0.3 is 5.32 Å². The molecule has 2 rings (SSSR count). The lowest BCUT2D eigenvalue weighted by molar-refractivity contribution is 0.920. The molecular formula is C8H11N5S. The normalized spacial score (nSPS) is 10.5. The third-order valence-corrected chi connectivity index (χ3v) is 2.72. The van der Waals surface area contributed by atoms with Crippen molar-refractivity contribution in [3.8, 4) is 11.5 Å². The molecular weight excluding hydrogens is 198 g/mol. The molecule has 0 fully saturated rings. The van der Waals surface area contributed by atoms with Crippen molar-refractivity contribution in [2.45, 2.75) is 6.92 Å². The van der Waals surface area contributed by atoms with Gasteiger partial charge >= 0.3 is 0 Å². The third-order valence-electron chi connectivity index (χ3n) is 1.95. The number of aromatic nitrogens is 4. The summed E-state index contributed by atoms with van der Waals surface area (Å²) in [6.45, 7) is 1.98. The SMILES string of the molecule is CNc1nnc(-c2csc(C)n2)n1C. The Labute approximate surface area is 85.8 Å². The Kier molecular flexibility index (Phi) is 2.20. The molecule has 0 aliphatic carbocycles. The highest BCUT2D eigenvalue weighted by Crippen LogP contribution is 2.20. The fourth-order valence-corrected chi connectivity index (χ4v) is 1.83. The molecule has 0 bridgehead atoms. The van der Waals surface area contributed by atoms with Gasteiger partial charge in [-0.05, 0) is 6.92 Å². The predicted octanol–water partition coefficient (Wildman–Crippen LogP) is 1.29. The fourth-order valence-electron chi connectivity index (χ4n) is 1.24. The summed E-state index contributed by atoms with van der Waals surface area (Å²) < 4.78 is 1.88. The summed E-state index contributed by atoms with van der Waals surface area (Å²) in [5.74, 6) is 1.53. The van der Waals surface area contributed by atoms with E-state index in [2.05, 4.69) is 20.5 Å². The molecule has 0 spiro atoms. The second kappa shape index (κ2) is 3.38. The first-order valence-electron chi connectivity index (χ1n) is 4.22. The topological polar surface area (TPSA) is 55.6 Å². The molecule has 0 amide bonds. The zero-order chi connectivity index (χ0) is 10.1. The summed E-state index contributed by atoms with van der Waals surface area (Å²) in [7, 11) is 3.73. The summed E-state index contributed by atoms with van der Waals surface area (Å²) in [6.07, 6.45) is 0. The van der Waals surface area contributed by atoms with Gasteiger partial charge in [-0.1, -0.05) is 0 Å². The van der Waals surface area contributed by atoms with E-state index in [1.807, 2.05) is 31.0 Å². The van der Waals surface area contributed by atoms with Gasteiger partial charge in [0.2, 0.25) is 5.95 Å². The first-order valence-corrected chi connectivity index (χ1v) is 5.10. The summed E-state index contributed by atoms with van der Waals surface area (Å²) in [5, 5.41) is 14.0. The minimum Gasteiger partial charge on any atom is -0.357 e. The van der Waals surface area contributed by atoms with E-state index >= 15 is 0 Å². The standard InChI is InChI=1S/C8H11N5S/c1-5-10-6(4-14-5)7-11-12-8(9-2)13(7)3/h4H,1-3H3,(H,9,12). The van der Waals surface area contributed by atoms with E-state index in [1.165, 1.54) is 0 Å². The van der Waals surface area contributed by atoms with Crippen LogP contribution in [0.3, 0.4) is 0 Å². The number of nitrogens with one attached hydrogen (secondary N) is 1. The molecule has 0 unspecified atom stereocenters. The van der Waals surface area contributed by atoms with Gasteiger partial charge in [-0.15, -0.1) is 21.5 Å². The van der Waals surface area contributed by atoms with Crippen LogP contribution in [0.15, 0.2) is 5.38 Å². The molecule has 0 radical (unpaired) electrons. The average molecular weight is 209 g/mol. The molecule has 2 aromatic heterocycles. The van der Waals surface area contributed by atoms with E-state index in [0.29, 0.717) is 0 Å². The van der Waals surface area contributed by atoms with Gasteiger partial charge in [0.15, 0.2) is 5.82 Å². The van der Waals surface area contributed by atoms with Gasteiger partial charge in [-0.25, -0.2) is 4.98 Å². The number of anilines is 1.